The second kappa shape index (κ2) is 8.22. The molecule has 0 saturated carbocycles. The first-order valence-corrected chi connectivity index (χ1v) is 9.56. The smallest absolute Gasteiger partial charge is 0.272 e. The van der Waals surface area contributed by atoms with Crippen molar-refractivity contribution in [2.45, 2.75) is 19.4 Å². The van der Waals surface area contributed by atoms with Crippen molar-refractivity contribution in [3.05, 3.63) is 77.1 Å². The number of aromatic nitrogens is 4. The third-order valence-electron chi connectivity index (χ3n) is 5.04. The van der Waals surface area contributed by atoms with Crippen LogP contribution in [0.25, 0.3) is 0 Å². The standard InChI is InChI=1S/C21H22N6O2/c1-26-19-9-13-27(21(29)18-7-3-5-11-23-18)14-15(19)16(25-26)8-12-24-20(28)17-6-2-4-10-22-17/h2-7,10-11H,8-9,12-14H2,1H3,(H,24,28). The van der Waals surface area contributed by atoms with Crippen LogP contribution in [0.3, 0.4) is 0 Å². The van der Waals surface area contributed by atoms with Crippen molar-refractivity contribution in [3.8, 4) is 0 Å². The maximum absolute atomic E-state index is 12.8. The third-order valence-corrected chi connectivity index (χ3v) is 5.04. The fraction of sp³-hybridized carbons (Fsp3) is 0.286. The van der Waals surface area contributed by atoms with Crippen LogP contribution in [0.5, 0.6) is 0 Å². The Labute approximate surface area is 168 Å². The quantitative estimate of drug-likeness (QED) is 0.711. The molecule has 0 unspecified atom stereocenters. The van der Waals surface area contributed by atoms with Crippen LogP contribution in [0.1, 0.15) is 37.9 Å². The Morgan fingerprint density at radius 1 is 1.07 bits per heavy atom. The molecule has 3 aromatic rings. The third kappa shape index (κ3) is 4.01. The van der Waals surface area contributed by atoms with Gasteiger partial charge in [0.15, 0.2) is 0 Å². The first kappa shape index (κ1) is 18.8. The predicted octanol–water partition coefficient (Wildman–Crippen LogP) is 1.38. The minimum absolute atomic E-state index is 0.0745. The van der Waals surface area contributed by atoms with Gasteiger partial charge in [0.25, 0.3) is 11.8 Å². The van der Waals surface area contributed by atoms with Gasteiger partial charge in [0, 0.05) is 63.2 Å². The van der Waals surface area contributed by atoms with E-state index in [9.17, 15) is 9.59 Å². The van der Waals surface area contributed by atoms with Crippen LogP contribution in [0.2, 0.25) is 0 Å². The summed E-state index contributed by atoms with van der Waals surface area (Å²) in [4.78, 5) is 35.0. The second-order valence-corrected chi connectivity index (χ2v) is 6.91. The summed E-state index contributed by atoms with van der Waals surface area (Å²) in [7, 11) is 1.92. The number of rotatable bonds is 5. The summed E-state index contributed by atoms with van der Waals surface area (Å²) in [5.74, 6) is -0.281. The van der Waals surface area contributed by atoms with E-state index < -0.39 is 0 Å². The molecule has 0 atom stereocenters. The summed E-state index contributed by atoms with van der Waals surface area (Å²) in [6.07, 6.45) is 4.56. The fourth-order valence-electron chi connectivity index (χ4n) is 3.58. The molecular formula is C21H22N6O2. The molecular weight excluding hydrogens is 368 g/mol. The van der Waals surface area contributed by atoms with Gasteiger partial charge in [-0.3, -0.25) is 24.2 Å². The molecule has 0 spiro atoms. The highest BCUT2D eigenvalue weighted by atomic mass is 16.2. The minimum atomic E-state index is -0.206. The van der Waals surface area contributed by atoms with Crippen LogP contribution in [0.15, 0.2) is 48.8 Å². The van der Waals surface area contributed by atoms with Crippen molar-refractivity contribution >= 4 is 11.8 Å². The highest BCUT2D eigenvalue weighted by molar-refractivity contribution is 5.92. The summed E-state index contributed by atoms with van der Waals surface area (Å²) in [5.41, 5.74) is 3.95. The fourth-order valence-corrected chi connectivity index (χ4v) is 3.58. The van der Waals surface area contributed by atoms with Crippen LogP contribution >= 0.6 is 0 Å². The van der Waals surface area contributed by atoms with Gasteiger partial charge in [-0.05, 0) is 24.3 Å². The normalized spacial score (nSPS) is 13.1. The van der Waals surface area contributed by atoms with E-state index in [1.807, 2.05) is 22.7 Å². The summed E-state index contributed by atoms with van der Waals surface area (Å²) in [5, 5.41) is 7.51. The maximum atomic E-state index is 12.8. The number of carbonyl (C=O) groups is 2. The molecule has 0 bridgehead atoms. The van der Waals surface area contributed by atoms with E-state index in [1.165, 1.54) is 0 Å². The molecule has 3 aromatic heterocycles. The second-order valence-electron chi connectivity index (χ2n) is 6.91. The topological polar surface area (TPSA) is 93.0 Å². The van der Waals surface area contributed by atoms with E-state index in [0.29, 0.717) is 37.4 Å². The number of hydrogen-bond acceptors (Lipinski definition) is 5. The van der Waals surface area contributed by atoms with Gasteiger partial charge in [-0.15, -0.1) is 0 Å². The van der Waals surface area contributed by atoms with Gasteiger partial charge in [0.1, 0.15) is 11.4 Å². The Kier molecular flexibility index (Phi) is 5.33. The monoisotopic (exact) mass is 390 g/mol. The largest absolute Gasteiger partial charge is 0.350 e. The Morgan fingerprint density at radius 3 is 2.48 bits per heavy atom. The van der Waals surface area contributed by atoms with E-state index in [1.54, 1.807) is 42.7 Å². The molecule has 1 aliphatic heterocycles. The molecule has 0 radical (unpaired) electrons. The lowest BCUT2D eigenvalue weighted by molar-refractivity contribution is 0.0727. The van der Waals surface area contributed by atoms with E-state index in [2.05, 4.69) is 20.4 Å². The lowest BCUT2D eigenvalue weighted by Gasteiger charge is -2.27. The van der Waals surface area contributed by atoms with Gasteiger partial charge < -0.3 is 10.2 Å². The van der Waals surface area contributed by atoms with Crippen LogP contribution < -0.4 is 5.32 Å². The summed E-state index contributed by atoms with van der Waals surface area (Å²) in [6.45, 7) is 1.59. The molecule has 1 N–H and O–H groups in total. The van der Waals surface area contributed by atoms with Crippen LogP contribution in [-0.4, -0.2) is 49.6 Å². The van der Waals surface area contributed by atoms with Crippen LogP contribution in [0.4, 0.5) is 0 Å². The molecule has 2 amide bonds. The zero-order chi connectivity index (χ0) is 20.2. The lowest BCUT2D eigenvalue weighted by atomic mass is 10.0. The molecule has 0 aliphatic carbocycles. The maximum Gasteiger partial charge on any atom is 0.272 e. The molecule has 8 heteroatoms. The number of hydrogen-bond donors (Lipinski definition) is 1. The van der Waals surface area contributed by atoms with Crippen molar-refractivity contribution in [1.82, 2.24) is 30.0 Å². The van der Waals surface area contributed by atoms with Gasteiger partial charge in [0.05, 0.1) is 5.69 Å². The minimum Gasteiger partial charge on any atom is -0.350 e. The number of fused-ring (bicyclic) bond motifs is 1. The average Bonchev–Trinajstić information content (AvgIpc) is 3.09. The number of amides is 2. The average molecular weight is 390 g/mol. The van der Waals surface area contributed by atoms with Gasteiger partial charge >= 0.3 is 0 Å². The molecule has 1 aliphatic rings. The molecule has 4 heterocycles. The van der Waals surface area contributed by atoms with Gasteiger partial charge in [-0.1, -0.05) is 12.1 Å². The Morgan fingerprint density at radius 2 is 1.79 bits per heavy atom. The molecule has 148 valence electrons. The van der Waals surface area contributed by atoms with Crippen molar-refractivity contribution in [2.24, 2.45) is 7.05 Å². The Balaban J connectivity index is 1.43. The lowest BCUT2D eigenvalue weighted by Crippen LogP contribution is -2.37. The molecule has 0 fully saturated rings. The van der Waals surface area contributed by atoms with Gasteiger partial charge in [-0.2, -0.15) is 5.10 Å². The Hall–Kier alpha value is -3.55. The number of pyridine rings is 2. The van der Waals surface area contributed by atoms with Crippen molar-refractivity contribution in [1.29, 1.82) is 0 Å². The number of aryl methyl sites for hydroxylation is 1. The van der Waals surface area contributed by atoms with Gasteiger partial charge in [0.2, 0.25) is 0 Å². The molecule has 8 nitrogen and oxygen atoms in total. The van der Waals surface area contributed by atoms with Gasteiger partial charge in [-0.25, -0.2) is 0 Å². The first-order chi connectivity index (χ1) is 14.1. The predicted molar refractivity (Wildman–Crippen MR) is 106 cm³/mol. The molecule has 0 aromatic carbocycles. The number of nitrogens with zero attached hydrogens (tertiary/aromatic N) is 5. The zero-order valence-corrected chi connectivity index (χ0v) is 16.2. The van der Waals surface area contributed by atoms with E-state index in [-0.39, 0.29) is 11.8 Å². The SMILES string of the molecule is Cn1nc(CCNC(=O)c2ccccn2)c2c1CCN(C(=O)c1ccccn1)C2. The van der Waals surface area contributed by atoms with Crippen LogP contribution in [0, 0.1) is 0 Å². The summed E-state index contributed by atoms with van der Waals surface area (Å²) >= 11 is 0. The van der Waals surface area contributed by atoms with Crippen molar-refractivity contribution < 1.29 is 9.59 Å². The highest BCUT2D eigenvalue weighted by Crippen LogP contribution is 2.23. The molecule has 29 heavy (non-hydrogen) atoms. The summed E-state index contributed by atoms with van der Waals surface area (Å²) in [6, 6.07) is 10.6. The van der Waals surface area contributed by atoms with E-state index in [4.69, 9.17) is 0 Å². The molecule has 0 saturated heterocycles. The Bertz CT molecular complexity index is 1020. The van der Waals surface area contributed by atoms with Crippen molar-refractivity contribution in [3.63, 3.8) is 0 Å². The number of nitrogens with one attached hydrogen (secondary N) is 1. The van der Waals surface area contributed by atoms with E-state index in [0.717, 1.165) is 23.4 Å². The molecule has 4 rings (SSSR count). The first-order valence-electron chi connectivity index (χ1n) is 9.56. The van der Waals surface area contributed by atoms with E-state index >= 15 is 0 Å². The number of carbonyl (C=O) groups excluding carboxylic acids is 2. The summed E-state index contributed by atoms with van der Waals surface area (Å²) < 4.78 is 1.88. The zero-order valence-electron chi connectivity index (χ0n) is 16.2. The van der Waals surface area contributed by atoms with Crippen LogP contribution in [-0.2, 0) is 26.4 Å². The highest BCUT2D eigenvalue weighted by Gasteiger charge is 2.27. The van der Waals surface area contributed by atoms with Crippen molar-refractivity contribution in [2.75, 3.05) is 13.1 Å².